The van der Waals surface area contributed by atoms with Gasteiger partial charge in [-0.15, -0.1) is 11.3 Å². The monoisotopic (exact) mass is 404 g/mol. The number of benzene rings is 1. The van der Waals surface area contributed by atoms with Crippen LogP contribution in [0, 0.1) is 0 Å². The van der Waals surface area contributed by atoms with Gasteiger partial charge < -0.3 is 19.0 Å². The fourth-order valence-electron chi connectivity index (χ4n) is 2.18. The summed E-state index contributed by atoms with van der Waals surface area (Å²) in [5.41, 5.74) is 1.26. The molecule has 146 valence electrons. The van der Waals surface area contributed by atoms with E-state index in [0.29, 0.717) is 22.1 Å². The second kappa shape index (κ2) is 9.00. The van der Waals surface area contributed by atoms with E-state index in [4.69, 9.17) is 19.0 Å². The summed E-state index contributed by atoms with van der Waals surface area (Å²) in [6, 6.07) is 8.54. The molecule has 3 rings (SSSR count). The normalized spacial score (nSPS) is 12.4. The summed E-state index contributed by atoms with van der Waals surface area (Å²) in [6.07, 6.45) is 0. The van der Waals surface area contributed by atoms with E-state index in [1.807, 2.05) is 0 Å². The highest BCUT2D eigenvalue weighted by Gasteiger charge is 2.15. The third kappa shape index (κ3) is 5.07. The number of thiophene rings is 1. The molecule has 0 atom stereocenters. The van der Waals surface area contributed by atoms with Gasteiger partial charge in [-0.2, -0.15) is 0 Å². The fourth-order valence-corrected chi connectivity index (χ4v) is 2.79. The maximum absolute atomic E-state index is 11.7. The summed E-state index contributed by atoms with van der Waals surface area (Å²) in [7, 11) is 0. The molecule has 9 nitrogen and oxygen atoms in total. The van der Waals surface area contributed by atoms with E-state index >= 15 is 0 Å². The van der Waals surface area contributed by atoms with Crippen molar-refractivity contribution in [3.05, 3.63) is 46.2 Å². The van der Waals surface area contributed by atoms with E-state index in [9.17, 15) is 14.4 Å². The Hall–Kier alpha value is -3.40. The van der Waals surface area contributed by atoms with Crippen LogP contribution in [-0.4, -0.2) is 43.5 Å². The van der Waals surface area contributed by atoms with Gasteiger partial charge in [0.2, 0.25) is 13.4 Å². The third-order valence-electron chi connectivity index (χ3n) is 3.54. The van der Waals surface area contributed by atoms with Crippen LogP contribution >= 0.6 is 11.3 Å². The summed E-state index contributed by atoms with van der Waals surface area (Å²) in [6.45, 7) is 0.800. The van der Waals surface area contributed by atoms with Gasteiger partial charge in [0.15, 0.2) is 18.1 Å². The van der Waals surface area contributed by atoms with Gasteiger partial charge >= 0.3 is 5.97 Å². The zero-order chi connectivity index (χ0) is 19.9. The molecule has 0 aliphatic carbocycles. The lowest BCUT2D eigenvalue weighted by Crippen LogP contribution is -2.34. The quantitative estimate of drug-likeness (QED) is 0.425. The summed E-state index contributed by atoms with van der Waals surface area (Å²) in [4.78, 5) is 40.3. The SMILES string of the molecule is C/C(=N/OCC(=O)OCC(=O)NC(=O)c1cccs1)c1ccc2c(c1)OCO2. The number of amides is 2. The van der Waals surface area contributed by atoms with E-state index in [0.717, 1.165) is 5.56 Å². The first-order valence-corrected chi connectivity index (χ1v) is 9.01. The molecule has 1 aromatic carbocycles. The Balaban J connectivity index is 1.39. The van der Waals surface area contributed by atoms with E-state index < -0.39 is 31.0 Å². The van der Waals surface area contributed by atoms with Crippen LogP contribution in [0.4, 0.5) is 0 Å². The van der Waals surface area contributed by atoms with Crippen LogP contribution in [0.3, 0.4) is 0 Å². The number of nitrogens with one attached hydrogen (secondary N) is 1. The molecule has 0 bridgehead atoms. The molecule has 1 aromatic heterocycles. The molecule has 0 saturated carbocycles. The van der Waals surface area contributed by atoms with Crippen LogP contribution < -0.4 is 14.8 Å². The molecule has 1 aliphatic rings. The van der Waals surface area contributed by atoms with Crippen LogP contribution in [0.1, 0.15) is 22.2 Å². The number of oxime groups is 1. The van der Waals surface area contributed by atoms with Gasteiger partial charge in [-0.05, 0) is 36.6 Å². The van der Waals surface area contributed by atoms with Gasteiger partial charge in [0.05, 0.1) is 10.6 Å². The minimum atomic E-state index is -0.791. The second-order valence-electron chi connectivity index (χ2n) is 5.53. The van der Waals surface area contributed by atoms with Crippen molar-refractivity contribution in [3.8, 4) is 11.5 Å². The number of fused-ring (bicyclic) bond motifs is 1. The zero-order valence-electron chi connectivity index (χ0n) is 14.8. The van der Waals surface area contributed by atoms with Crippen molar-refractivity contribution in [2.24, 2.45) is 5.16 Å². The van der Waals surface area contributed by atoms with Gasteiger partial charge in [-0.3, -0.25) is 14.9 Å². The maximum atomic E-state index is 11.7. The van der Waals surface area contributed by atoms with Crippen molar-refractivity contribution in [1.29, 1.82) is 0 Å². The van der Waals surface area contributed by atoms with Crippen molar-refractivity contribution >= 4 is 34.8 Å². The van der Waals surface area contributed by atoms with Gasteiger partial charge in [0, 0.05) is 5.56 Å². The Kier molecular flexibility index (Phi) is 6.22. The van der Waals surface area contributed by atoms with Crippen molar-refractivity contribution in [2.45, 2.75) is 6.92 Å². The molecule has 1 N–H and O–H groups in total. The molecule has 28 heavy (non-hydrogen) atoms. The fraction of sp³-hybridized carbons (Fsp3) is 0.222. The van der Waals surface area contributed by atoms with Gasteiger partial charge in [-0.1, -0.05) is 11.2 Å². The van der Waals surface area contributed by atoms with Crippen molar-refractivity contribution in [2.75, 3.05) is 20.0 Å². The van der Waals surface area contributed by atoms with E-state index in [2.05, 4.69) is 10.5 Å². The molecule has 0 spiro atoms. The molecule has 0 fully saturated rings. The summed E-state index contributed by atoms with van der Waals surface area (Å²) >= 11 is 1.19. The standard InChI is InChI=1S/C18H16N2O7S/c1-11(12-4-5-13-14(7-12)26-10-25-13)20-27-9-17(22)24-8-16(21)19-18(23)15-3-2-6-28-15/h2-7H,8-10H2,1H3,(H,19,21,23)/b20-11-. The molecule has 2 amide bonds. The van der Waals surface area contributed by atoms with E-state index in [1.54, 1.807) is 42.6 Å². The van der Waals surface area contributed by atoms with Crippen LogP contribution in [0.2, 0.25) is 0 Å². The molecule has 2 heterocycles. The Morgan fingerprint density at radius 3 is 2.79 bits per heavy atom. The van der Waals surface area contributed by atoms with Crippen LogP contribution in [-0.2, 0) is 19.2 Å². The molecular weight excluding hydrogens is 388 g/mol. The van der Waals surface area contributed by atoms with E-state index in [1.165, 1.54) is 11.3 Å². The van der Waals surface area contributed by atoms with Crippen LogP contribution in [0.25, 0.3) is 0 Å². The Morgan fingerprint density at radius 1 is 1.18 bits per heavy atom. The van der Waals surface area contributed by atoms with Crippen molar-refractivity contribution in [1.82, 2.24) is 5.32 Å². The first kappa shape index (κ1) is 19.4. The highest BCUT2D eigenvalue weighted by molar-refractivity contribution is 7.12. The molecule has 0 saturated heterocycles. The predicted octanol–water partition coefficient (Wildman–Crippen LogP) is 1.72. The number of hydrogen-bond acceptors (Lipinski definition) is 9. The largest absolute Gasteiger partial charge is 0.454 e. The van der Waals surface area contributed by atoms with Crippen molar-refractivity contribution < 1.29 is 33.4 Å². The lowest BCUT2D eigenvalue weighted by molar-refractivity contribution is -0.152. The number of carbonyl (C=O) groups excluding carboxylic acids is 3. The molecule has 0 unspecified atom stereocenters. The predicted molar refractivity (Wildman–Crippen MR) is 98.5 cm³/mol. The lowest BCUT2D eigenvalue weighted by atomic mass is 10.1. The summed E-state index contributed by atoms with van der Waals surface area (Å²) in [5.74, 6) is -0.810. The van der Waals surface area contributed by atoms with Crippen LogP contribution in [0.5, 0.6) is 11.5 Å². The lowest BCUT2D eigenvalue weighted by Gasteiger charge is -2.05. The van der Waals surface area contributed by atoms with Gasteiger partial charge in [-0.25, -0.2) is 4.79 Å². The molecule has 1 aliphatic heterocycles. The number of rotatable bonds is 7. The third-order valence-corrected chi connectivity index (χ3v) is 4.41. The first-order valence-electron chi connectivity index (χ1n) is 8.13. The Bertz CT molecular complexity index is 909. The topological polar surface area (TPSA) is 113 Å². The molecule has 2 aromatic rings. The van der Waals surface area contributed by atoms with Crippen LogP contribution in [0.15, 0.2) is 40.9 Å². The minimum Gasteiger partial charge on any atom is -0.454 e. The zero-order valence-corrected chi connectivity index (χ0v) is 15.6. The minimum absolute atomic E-state index is 0.170. The number of imide groups is 1. The summed E-state index contributed by atoms with van der Waals surface area (Å²) < 4.78 is 15.3. The number of esters is 1. The first-order chi connectivity index (χ1) is 13.5. The smallest absolute Gasteiger partial charge is 0.347 e. The molecular formula is C18H16N2O7S. The highest BCUT2D eigenvalue weighted by atomic mass is 32.1. The maximum Gasteiger partial charge on any atom is 0.347 e. The number of nitrogens with zero attached hydrogens (tertiary/aromatic N) is 1. The average molecular weight is 404 g/mol. The van der Waals surface area contributed by atoms with Crippen molar-refractivity contribution in [3.63, 3.8) is 0 Å². The van der Waals surface area contributed by atoms with Gasteiger partial charge in [0.25, 0.3) is 11.8 Å². The number of carbonyl (C=O) groups is 3. The number of hydrogen-bond donors (Lipinski definition) is 1. The highest BCUT2D eigenvalue weighted by Crippen LogP contribution is 2.32. The second-order valence-corrected chi connectivity index (χ2v) is 6.48. The van der Waals surface area contributed by atoms with Gasteiger partial charge in [0.1, 0.15) is 0 Å². The Morgan fingerprint density at radius 2 is 2.00 bits per heavy atom. The number of ether oxygens (including phenoxy) is 3. The average Bonchev–Trinajstić information content (AvgIpc) is 3.37. The summed E-state index contributed by atoms with van der Waals surface area (Å²) in [5, 5.41) is 7.67. The Labute approximate surface area is 163 Å². The molecule has 10 heteroatoms. The molecule has 0 radical (unpaired) electrons. The van der Waals surface area contributed by atoms with E-state index in [-0.39, 0.29) is 6.79 Å².